The first-order chi connectivity index (χ1) is 9.25. The largest absolute Gasteiger partial charge is 0.388 e. The Morgan fingerprint density at radius 2 is 1.58 bits per heavy atom. The fourth-order valence-corrected chi connectivity index (χ4v) is 3.58. The molecule has 2 aliphatic carbocycles. The minimum Gasteiger partial charge on any atom is -0.388 e. The summed E-state index contributed by atoms with van der Waals surface area (Å²) in [5.41, 5.74) is 2.59. The van der Waals surface area contributed by atoms with Crippen molar-refractivity contribution in [2.75, 3.05) is 0 Å². The van der Waals surface area contributed by atoms with E-state index in [2.05, 4.69) is 31.2 Å². The van der Waals surface area contributed by atoms with Crippen LogP contribution in [0.1, 0.15) is 75.0 Å². The second kappa shape index (κ2) is 5.66. The molecule has 2 aliphatic rings. The molecule has 2 saturated carbocycles. The summed E-state index contributed by atoms with van der Waals surface area (Å²) in [4.78, 5) is 0. The minimum absolute atomic E-state index is 0.270. The predicted molar refractivity (Wildman–Crippen MR) is 79.1 cm³/mol. The highest BCUT2D eigenvalue weighted by molar-refractivity contribution is 5.27. The van der Waals surface area contributed by atoms with Crippen LogP contribution in [0.25, 0.3) is 0 Å². The van der Waals surface area contributed by atoms with Crippen LogP contribution in [0.3, 0.4) is 0 Å². The number of hydrogen-bond acceptors (Lipinski definition) is 1. The van der Waals surface area contributed by atoms with Crippen molar-refractivity contribution in [2.45, 2.75) is 63.9 Å². The van der Waals surface area contributed by atoms with Gasteiger partial charge < -0.3 is 5.11 Å². The van der Waals surface area contributed by atoms with E-state index in [-0.39, 0.29) is 6.10 Å². The molecule has 0 aromatic heterocycles. The third-order valence-electron chi connectivity index (χ3n) is 5.22. The Hall–Kier alpha value is -0.820. The van der Waals surface area contributed by atoms with Gasteiger partial charge in [-0.2, -0.15) is 0 Å². The van der Waals surface area contributed by atoms with Crippen molar-refractivity contribution in [2.24, 2.45) is 11.8 Å². The summed E-state index contributed by atoms with van der Waals surface area (Å²) in [7, 11) is 0. The predicted octanol–water partition coefficient (Wildman–Crippen LogP) is 4.81. The monoisotopic (exact) mass is 258 g/mol. The van der Waals surface area contributed by atoms with E-state index in [4.69, 9.17) is 0 Å². The van der Waals surface area contributed by atoms with Crippen LogP contribution in [0.2, 0.25) is 0 Å². The zero-order chi connectivity index (χ0) is 13.2. The molecule has 3 rings (SSSR count). The van der Waals surface area contributed by atoms with Crippen LogP contribution in [-0.2, 0) is 0 Å². The zero-order valence-electron chi connectivity index (χ0n) is 12.0. The Kier molecular flexibility index (Phi) is 3.93. The molecule has 0 spiro atoms. The van der Waals surface area contributed by atoms with Crippen LogP contribution >= 0.6 is 0 Å². The second-order valence-electron chi connectivity index (χ2n) is 6.64. The Morgan fingerprint density at radius 1 is 0.947 bits per heavy atom. The van der Waals surface area contributed by atoms with Gasteiger partial charge in [0.25, 0.3) is 0 Å². The van der Waals surface area contributed by atoms with Crippen LogP contribution in [-0.4, -0.2) is 5.11 Å². The van der Waals surface area contributed by atoms with E-state index in [1.165, 1.54) is 50.5 Å². The number of benzene rings is 1. The van der Waals surface area contributed by atoms with Gasteiger partial charge in [0.2, 0.25) is 0 Å². The highest BCUT2D eigenvalue weighted by Crippen LogP contribution is 2.42. The number of aliphatic hydroxyl groups is 1. The first kappa shape index (κ1) is 13.2. The van der Waals surface area contributed by atoms with E-state index < -0.39 is 0 Å². The van der Waals surface area contributed by atoms with Crippen molar-refractivity contribution in [3.63, 3.8) is 0 Å². The summed E-state index contributed by atoms with van der Waals surface area (Å²) in [5, 5.41) is 10.4. The lowest BCUT2D eigenvalue weighted by Crippen LogP contribution is -2.11. The summed E-state index contributed by atoms with van der Waals surface area (Å²) in [6.07, 6.45) is 9.21. The zero-order valence-corrected chi connectivity index (χ0v) is 12.0. The van der Waals surface area contributed by atoms with Crippen LogP contribution in [0.15, 0.2) is 24.3 Å². The van der Waals surface area contributed by atoms with Gasteiger partial charge >= 0.3 is 0 Å². The Morgan fingerprint density at radius 3 is 2.16 bits per heavy atom. The van der Waals surface area contributed by atoms with Gasteiger partial charge in [-0.1, -0.05) is 50.5 Å². The lowest BCUT2D eigenvalue weighted by Gasteiger charge is -2.23. The van der Waals surface area contributed by atoms with Crippen molar-refractivity contribution in [1.29, 1.82) is 0 Å². The van der Waals surface area contributed by atoms with E-state index in [1.807, 2.05) is 0 Å². The molecule has 0 heterocycles. The maximum atomic E-state index is 10.4. The average Bonchev–Trinajstić information content (AvgIpc) is 3.31. The molecule has 1 N–H and O–H groups in total. The Labute approximate surface area is 117 Å². The van der Waals surface area contributed by atoms with E-state index in [0.29, 0.717) is 5.92 Å². The molecular weight excluding hydrogens is 232 g/mol. The van der Waals surface area contributed by atoms with Crippen molar-refractivity contribution >= 4 is 0 Å². The molecule has 0 amide bonds. The van der Waals surface area contributed by atoms with Crippen LogP contribution in [0.5, 0.6) is 0 Å². The lowest BCUT2D eigenvalue weighted by atomic mass is 9.83. The third-order valence-corrected chi connectivity index (χ3v) is 5.22. The van der Waals surface area contributed by atoms with Crippen molar-refractivity contribution in [3.8, 4) is 0 Å². The molecule has 1 heteroatoms. The van der Waals surface area contributed by atoms with Gasteiger partial charge in [-0.15, -0.1) is 0 Å². The van der Waals surface area contributed by atoms with E-state index in [1.54, 1.807) is 0 Å². The van der Waals surface area contributed by atoms with Crippen molar-refractivity contribution in [1.82, 2.24) is 0 Å². The topological polar surface area (TPSA) is 20.2 Å². The van der Waals surface area contributed by atoms with Crippen LogP contribution in [0.4, 0.5) is 0 Å². The quantitative estimate of drug-likeness (QED) is 0.821. The molecule has 2 fully saturated rings. The molecule has 0 saturated heterocycles. The van der Waals surface area contributed by atoms with Gasteiger partial charge in [0, 0.05) is 0 Å². The summed E-state index contributed by atoms with van der Waals surface area (Å²) in [5.74, 6) is 1.94. The molecule has 2 unspecified atom stereocenters. The van der Waals surface area contributed by atoms with Gasteiger partial charge in [-0.25, -0.2) is 0 Å². The summed E-state index contributed by atoms with van der Waals surface area (Å²) < 4.78 is 0. The van der Waals surface area contributed by atoms with Gasteiger partial charge in [0.05, 0.1) is 6.10 Å². The molecular formula is C18H26O. The number of aliphatic hydroxyl groups excluding tert-OH is 1. The summed E-state index contributed by atoms with van der Waals surface area (Å²) in [6.45, 7) is 2.19. The van der Waals surface area contributed by atoms with Crippen LogP contribution < -0.4 is 0 Å². The molecule has 2 atom stereocenters. The Bertz CT molecular complexity index is 398. The first-order valence-electron chi connectivity index (χ1n) is 8.03. The van der Waals surface area contributed by atoms with Gasteiger partial charge in [-0.05, 0) is 54.6 Å². The normalized spacial score (nSPS) is 24.1. The number of hydrogen-bond donors (Lipinski definition) is 1. The maximum absolute atomic E-state index is 10.4. The van der Waals surface area contributed by atoms with Crippen LogP contribution in [0, 0.1) is 11.8 Å². The molecule has 0 radical (unpaired) electrons. The molecule has 1 aromatic rings. The van der Waals surface area contributed by atoms with Gasteiger partial charge in [-0.3, -0.25) is 0 Å². The smallest absolute Gasteiger partial charge is 0.0818 e. The van der Waals surface area contributed by atoms with Gasteiger partial charge in [0.15, 0.2) is 0 Å². The number of rotatable bonds is 4. The molecule has 0 bridgehead atoms. The van der Waals surface area contributed by atoms with E-state index in [9.17, 15) is 5.11 Å². The molecule has 1 aromatic carbocycles. The molecule has 104 valence electrons. The van der Waals surface area contributed by atoms with Crippen molar-refractivity contribution in [3.05, 3.63) is 35.4 Å². The summed E-state index contributed by atoms with van der Waals surface area (Å²) >= 11 is 0. The highest BCUT2D eigenvalue weighted by atomic mass is 16.3. The molecule has 19 heavy (non-hydrogen) atoms. The van der Waals surface area contributed by atoms with Crippen molar-refractivity contribution < 1.29 is 5.11 Å². The average molecular weight is 258 g/mol. The maximum Gasteiger partial charge on any atom is 0.0818 e. The summed E-state index contributed by atoms with van der Waals surface area (Å²) in [6, 6.07) is 8.84. The Balaban J connectivity index is 1.67. The molecule has 0 aliphatic heterocycles. The van der Waals surface area contributed by atoms with E-state index >= 15 is 0 Å². The van der Waals surface area contributed by atoms with E-state index in [0.717, 1.165) is 17.4 Å². The SMILES string of the molecule is CC(C1CC1)C(O)c1ccc(C2CCCCC2)cc1. The molecule has 1 nitrogen and oxygen atoms in total. The van der Waals surface area contributed by atoms with Gasteiger partial charge in [0.1, 0.15) is 0 Å². The standard InChI is InChI=1S/C18H26O/c1-13(14-7-8-14)18(19)17-11-9-16(10-12-17)15-5-3-2-4-6-15/h9-15,18-19H,2-8H2,1H3. The third kappa shape index (κ3) is 3.02. The fourth-order valence-electron chi connectivity index (χ4n) is 3.58. The second-order valence-corrected chi connectivity index (χ2v) is 6.64. The lowest BCUT2D eigenvalue weighted by molar-refractivity contribution is 0.106. The highest BCUT2D eigenvalue weighted by Gasteiger charge is 2.33. The minimum atomic E-state index is -0.270. The first-order valence-corrected chi connectivity index (χ1v) is 8.03. The fraction of sp³-hybridized carbons (Fsp3) is 0.667.